The molecule has 1 atom stereocenters. The highest BCUT2D eigenvalue weighted by atomic mass is 79.9. The maximum absolute atomic E-state index is 9.52. The van der Waals surface area contributed by atoms with E-state index in [1.165, 1.54) is 6.07 Å². The van der Waals surface area contributed by atoms with E-state index in [1.54, 1.807) is 6.07 Å². The Labute approximate surface area is 93.3 Å². The minimum atomic E-state index is 0. The number of aromatic hydroxyl groups is 2. The van der Waals surface area contributed by atoms with Crippen LogP contribution in [0.2, 0.25) is 0 Å². The van der Waals surface area contributed by atoms with Crippen LogP contribution in [0.3, 0.4) is 0 Å². The third-order valence-corrected chi connectivity index (χ3v) is 2.55. The van der Waals surface area contributed by atoms with Crippen LogP contribution in [0.1, 0.15) is 17.5 Å². The molecule has 0 aromatic heterocycles. The lowest BCUT2D eigenvalue weighted by Crippen LogP contribution is -2.27. The molecule has 4 N–H and O–H groups in total. The molecule has 3 nitrogen and oxygen atoms in total. The summed E-state index contributed by atoms with van der Waals surface area (Å²) >= 11 is 0. The van der Waals surface area contributed by atoms with Crippen molar-refractivity contribution >= 4 is 17.0 Å². The summed E-state index contributed by atoms with van der Waals surface area (Å²) in [5.74, 6) is 0.312. The van der Waals surface area contributed by atoms with Crippen LogP contribution in [-0.4, -0.2) is 16.3 Å². The maximum Gasteiger partial charge on any atom is 0.122 e. The number of nitrogens with two attached hydrogens (primary N) is 1. The van der Waals surface area contributed by atoms with E-state index in [0.717, 1.165) is 30.4 Å². The molecular weight excluding hydrogens is 246 g/mol. The Morgan fingerprint density at radius 1 is 1.29 bits per heavy atom. The van der Waals surface area contributed by atoms with Gasteiger partial charge in [0.1, 0.15) is 11.5 Å². The predicted molar refractivity (Wildman–Crippen MR) is 60.1 cm³/mol. The molecule has 78 valence electrons. The standard InChI is InChI=1S/C10H13NO2.BrH/c11-7-1-2-9-6(3-7)4-8(12)5-10(9)13;/h4-5,7,12-13H,1-3,11H2;1H. The molecule has 1 aromatic rings. The van der Waals surface area contributed by atoms with Crippen LogP contribution in [-0.2, 0) is 12.8 Å². The van der Waals surface area contributed by atoms with Gasteiger partial charge in [0.25, 0.3) is 0 Å². The Morgan fingerprint density at radius 2 is 2.00 bits per heavy atom. The van der Waals surface area contributed by atoms with Gasteiger partial charge in [0, 0.05) is 12.1 Å². The third-order valence-electron chi connectivity index (χ3n) is 2.55. The van der Waals surface area contributed by atoms with Gasteiger partial charge in [0.05, 0.1) is 0 Å². The second-order valence-corrected chi connectivity index (χ2v) is 3.61. The normalized spacial score (nSPS) is 19.6. The number of halogens is 1. The zero-order valence-corrected chi connectivity index (χ0v) is 9.45. The first-order valence-electron chi connectivity index (χ1n) is 4.46. The zero-order chi connectivity index (χ0) is 9.42. The van der Waals surface area contributed by atoms with E-state index < -0.39 is 0 Å². The van der Waals surface area contributed by atoms with Gasteiger partial charge in [-0.25, -0.2) is 0 Å². The summed E-state index contributed by atoms with van der Waals surface area (Å²) in [5, 5.41) is 18.8. The smallest absolute Gasteiger partial charge is 0.122 e. The van der Waals surface area contributed by atoms with Crippen molar-refractivity contribution < 1.29 is 10.2 Å². The van der Waals surface area contributed by atoms with Gasteiger partial charge in [0.2, 0.25) is 0 Å². The second-order valence-electron chi connectivity index (χ2n) is 3.61. The van der Waals surface area contributed by atoms with Gasteiger partial charge in [-0.2, -0.15) is 0 Å². The molecule has 14 heavy (non-hydrogen) atoms. The van der Waals surface area contributed by atoms with E-state index in [2.05, 4.69) is 0 Å². The first-order valence-corrected chi connectivity index (χ1v) is 4.46. The maximum atomic E-state index is 9.52. The predicted octanol–water partition coefficient (Wildman–Crippen LogP) is 1.49. The molecule has 1 aromatic carbocycles. The van der Waals surface area contributed by atoms with Crippen molar-refractivity contribution in [2.45, 2.75) is 25.3 Å². The molecule has 0 amide bonds. The van der Waals surface area contributed by atoms with Crippen LogP contribution >= 0.6 is 17.0 Å². The molecule has 0 radical (unpaired) electrons. The van der Waals surface area contributed by atoms with Crippen molar-refractivity contribution in [1.82, 2.24) is 0 Å². The Hall–Kier alpha value is -0.740. The van der Waals surface area contributed by atoms with Crippen molar-refractivity contribution in [3.05, 3.63) is 23.3 Å². The van der Waals surface area contributed by atoms with Gasteiger partial charge in [-0.15, -0.1) is 17.0 Å². The number of rotatable bonds is 0. The molecule has 0 fully saturated rings. The lowest BCUT2D eigenvalue weighted by Gasteiger charge is -2.22. The molecule has 0 saturated heterocycles. The van der Waals surface area contributed by atoms with Crippen molar-refractivity contribution in [3.63, 3.8) is 0 Å². The first kappa shape index (κ1) is 11.3. The molecule has 0 spiro atoms. The van der Waals surface area contributed by atoms with Crippen molar-refractivity contribution in [1.29, 1.82) is 0 Å². The fourth-order valence-corrected chi connectivity index (χ4v) is 1.88. The van der Waals surface area contributed by atoms with Gasteiger partial charge in [-0.3, -0.25) is 0 Å². The molecule has 0 heterocycles. The number of fused-ring (bicyclic) bond motifs is 1. The zero-order valence-electron chi connectivity index (χ0n) is 7.73. The number of hydrogen-bond acceptors (Lipinski definition) is 3. The molecule has 0 saturated carbocycles. The summed E-state index contributed by atoms with van der Waals surface area (Å²) in [6.07, 6.45) is 2.46. The Bertz CT molecular complexity index is 341. The second kappa shape index (κ2) is 4.19. The van der Waals surface area contributed by atoms with E-state index in [1.807, 2.05) is 0 Å². The summed E-state index contributed by atoms with van der Waals surface area (Å²) in [4.78, 5) is 0. The Balaban J connectivity index is 0.000000980. The molecule has 1 unspecified atom stereocenters. The summed E-state index contributed by atoms with van der Waals surface area (Å²) in [7, 11) is 0. The highest BCUT2D eigenvalue weighted by molar-refractivity contribution is 8.93. The summed E-state index contributed by atoms with van der Waals surface area (Å²) < 4.78 is 0. The van der Waals surface area contributed by atoms with Gasteiger partial charge < -0.3 is 15.9 Å². The third kappa shape index (κ3) is 2.01. The number of phenolic OH excluding ortho intramolecular Hbond substituents is 2. The Morgan fingerprint density at radius 3 is 2.71 bits per heavy atom. The van der Waals surface area contributed by atoms with E-state index in [-0.39, 0.29) is 34.5 Å². The van der Waals surface area contributed by atoms with Gasteiger partial charge in [-0.1, -0.05) is 0 Å². The van der Waals surface area contributed by atoms with E-state index in [4.69, 9.17) is 5.73 Å². The lowest BCUT2D eigenvalue weighted by atomic mass is 9.88. The fraction of sp³-hybridized carbons (Fsp3) is 0.400. The van der Waals surface area contributed by atoms with E-state index in [9.17, 15) is 10.2 Å². The van der Waals surface area contributed by atoms with Gasteiger partial charge >= 0.3 is 0 Å². The van der Waals surface area contributed by atoms with Crippen LogP contribution in [0, 0.1) is 0 Å². The van der Waals surface area contributed by atoms with Gasteiger partial charge in [0.15, 0.2) is 0 Å². The quantitative estimate of drug-likeness (QED) is 0.662. The molecule has 1 aliphatic rings. The minimum Gasteiger partial charge on any atom is -0.508 e. The fourth-order valence-electron chi connectivity index (χ4n) is 1.88. The molecular formula is C10H14BrNO2. The monoisotopic (exact) mass is 259 g/mol. The molecule has 1 aliphatic carbocycles. The average Bonchev–Trinajstić information content (AvgIpc) is 2.02. The van der Waals surface area contributed by atoms with Crippen LogP contribution in [0.4, 0.5) is 0 Å². The van der Waals surface area contributed by atoms with Crippen molar-refractivity contribution in [3.8, 4) is 11.5 Å². The number of phenols is 2. The highest BCUT2D eigenvalue weighted by Crippen LogP contribution is 2.32. The summed E-state index contributed by atoms with van der Waals surface area (Å²) in [6, 6.07) is 3.23. The number of hydrogen-bond donors (Lipinski definition) is 3. The summed E-state index contributed by atoms with van der Waals surface area (Å²) in [6.45, 7) is 0. The topological polar surface area (TPSA) is 66.5 Å². The first-order chi connectivity index (χ1) is 6.16. The van der Waals surface area contributed by atoms with Crippen molar-refractivity contribution in [2.75, 3.05) is 0 Å². The molecule has 4 heteroatoms. The lowest BCUT2D eigenvalue weighted by molar-refractivity contribution is 0.436. The van der Waals surface area contributed by atoms with Crippen LogP contribution in [0.25, 0.3) is 0 Å². The van der Waals surface area contributed by atoms with Gasteiger partial charge in [-0.05, 0) is 36.5 Å². The number of benzene rings is 1. The highest BCUT2D eigenvalue weighted by Gasteiger charge is 2.18. The largest absolute Gasteiger partial charge is 0.508 e. The molecule has 0 bridgehead atoms. The average molecular weight is 260 g/mol. The SMILES string of the molecule is Br.NC1CCc2c(O)cc(O)cc2C1. The van der Waals surface area contributed by atoms with E-state index in [0.29, 0.717) is 0 Å². The summed E-state index contributed by atoms with van der Waals surface area (Å²) in [5.41, 5.74) is 7.71. The molecule has 0 aliphatic heterocycles. The molecule has 2 rings (SSSR count). The van der Waals surface area contributed by atoms with Crippen LogP contribution in [0.15, 0.2) is 12.1 Å². The van der Waals surface area contributed by atoms with E-state index >= 15 is 0 Å². The minimum absolute atomic E-state index is 0. The van der Waals surface area contributed by atoms with Crippen molar-refractivity contribution in [2.24, 2.45) is 5.73 Å². The van der Waals surface area contributed by atoms with Crippen LogP contribution in [0.5, 0.6) is 11.5 Å². The van der Waals surface area contributed by atoms with Crippen LogP contribution < -0.4 is 5.73 Å². The Kier molecular flexibility index (Phi) is 3.39.